The van der Waals surface area contributed by atoms with Gasteiger partial charge in [-0.3, -0.25) is 9.78 Å². The maximum Gasteiger partial charge on any atom is 0.266 e. The number of ether oxygens (including phenoxy) is 2. The number of hydrogen-bond donors (Lipinski definition) is 1. The minimum absolute atomic E-state index is 0.0244. The molecule has 1 N–H and O–H groups in total. The first-order valence-electron chi connectivity index (χ1n) is 10.6. The molecule has 1 aromatic carbocycles. The van der Waals surface area contributed by atoms with Crippen molar-refractivity contribution in [2.24, 2.45) is 0 Å². The van der Waals surface area contributed by atoms with Crippen LogP contribution in [0.1, 0.15) is 35.5 Å². The minimum Gasteiger partial charge on any atom is -0.489 e. The maximum absolute atomic E-state index is 12.8. The van der Waals surface area contributed by atoms with Crippen molar-refractivity contribution in [3.8, 4) is 11.8 Å². The molecule has 0 fully saturated rings. The topological polar surface area (TPSA) is 89.2 Å². The van der Waals surface area contributed by atoms with E-state index in [0.717, 1.165) is 22.5 Å². The van der Waals surface area contributed by atoms with E-state index in [-0.39, 0.29) is 11.6 Å². The van der Waals surface area contributed by atoms with E-state index in [1.54, 1.807) is 43.8 Å². The average molecular weight is 445 g/mol. The molecule has 1 amide bonds. The van der Waals surface area contributed by atoms with Crippen LogP contribution in [0, 0.1) is 25.2 Å². The number of amides is 1. The molecular weight excluding hydrogens is 416 g/mol. The number of pyridine rings is 1. The van der Waals surface area contributed by atoms with Crippen molar-refractivity contribution in [3.63, 3.8) is 0 Å². The molecular formula is C26H28N4O3. The summed E-state index contributed by atoms with van der Waals surface area (Å²) in [6.07, 6.45) is 5.07. The second kappa shape index (κ2) is 11.1. The fourth-order valence-electron chi connectivity index (χ4n) is 3.76. The van der Waals surface area contributed by atoms with Crippen LogP contribution < -0.4 is 10.1 Å². The van der Waals surface area contributed by atoms with Crippen LogP contribution >= 0.6 is 0 Å². The number of aryl methyl sites for hydroxylation is 1. The molecule has 0 saturated carbocycles. The van der Waals surface area contributed by atoms with Crippen molar-refractivity contribution in [1.29, 1.82) is 5.26 Å². The highest BCUT2D eigenvalue weighted by Gasteiger charge is 2.16. The first kappa shape index (κ1) is 23.8. The zero-order chi connectivity index (χ0) is 23.8. The molecule has 1 atom stereocenters. The Balaban J connectivity index is 1.73. The van der Waals surface area contributed by atoms with E-state index in [4.69, 9.17) is 9.47 Å². The molecule has 0 bridgehead atoms. The Bertz CT molecular complexity index is 1180. The number of benzene rings is 1. The standard InChI is InChI=1S/C26H28N4O3/c1-18-11-22(20(3)30(18)19(2)16-32-4)12-23(14-27)26(31)29-24-8-5-9-25(13-24)33-17-21-7-6-10-28-15-21/h5-13,15,19H,16-17H2,1-4H3,(H,29,31)/b23-12+. The van der Waals surface area contributed by atoms with Crippen molar-refractivity contribution in [2.45, 2.75) is 33.4 Å². The number of carbonyl (C=O) groups excluding carboxylic acids is 1. The van der Waals surface area contributed by atoms with Gasteiger partial charge in [-0.2, -0.15) is 5.26 Å². The molecule has 170 valence electrons. The van der Waals surface area contributed by atoms with E-state index in [1.807, 2.05) is 44.2 Å². The Labute approximate surface area is 194 Å². The number of anilines is 1. The summed E-state index contributed by atoms with van der Waals surface area (Å²) in [5.74, 6) is 0.131. The molecule has 7 heteroatoms. The van der Waals surface area contributed by atoms with E-state index in [1.165, 1.54) is 0 Å². The lowest BCUT2D eigenvalue weighted by atomic mass is 10.1. The predicted molar refractivity (Wildman–Crippen MR) is 128 cm³/mol. The van der Waals surface area contributed by atoms with Gasteiger partial charge in [0, 0.05) is 48.2 Å². The first-order chi connectivity index (χ1) is 15.9. The van der Waals surface area contributed by atoms with Gasteiger partial charge in [-0.05, 0) is 56.7 Å². The van der Waals surface area contributed by atoms with Crippen LogP contribution in [0.4, 0.5) is 5.69 Å². The SMILES string of the molecule is COCC(C)n1c(C)cc(/C=C(\C#N)C(=O)Nc2cccc(OCc3cccnc3)c2)c1C. The molecule has 0 aliphatic carbocycles. The Morgan fingerprint density at radius 3 is 2.79 bits per heavy atom. The molecule has 3 rings (SSSR count). The lowest BCUT2D eigenvalue weighted by Crippen LogP contribution is -2.14. The summed E-state index contributed by atoms with van der Waals surface area (Å²) < 4.78 is 13.2. The molecule has 3 aromatic rings. The number of carbonyl (C=O) groups is 1. The van der Waals surface area contributed by atoms with Gasteiger partial charge in [0.2, 0.25) is 0 Å². The van der Waals surface area contributed by atoms with Gasteiger partial charge in [-0.15, -0.1) is 0 Å². The normalized spacial score (nSPS) is 12.2. The van der Waals surface area contributed by atoms with Crippen LogP contribution in [-0.2, 0) is 16.1 Å². The Morgan fingerprint density at radius 1 is 1.27 bits per heavy atom. The highest BCUT2D eigenvalue weighted by Crippen LogP contribution is 2.24. The quantitative estimate of drug-likeness (QED) is 0.377. The summed E-state index contributed by atoms with van der Waals surface area (Å²) in [6.45, 7) is 6.98. The van der Waals surface area contributed by atoms with Crippen LogP contribution in [0.2, 0.25) is 0 Å². The van der Waals surface area contributed by atoms with Crippen molar-refractivity contribution in [3.05, 3.63) is 82.9 Å². The third-order valence-electron chi connectivity index (χ3n) is 5.26. The van der Waals surface area contributed by atoms with Gasteiger partial charge < -0.3 is 19.4 Å². The van der Waals surface area contributed by atoms with Gasteiger partial charge in [-0.1, -0.05) is 12.1 Å². The van der Waals surface area contributed by atoms with E-state index >= 15 is 0 Å². The number of rotatable bonds is 9. The Morgan fingerprint density at radius 2 is 2.09 bits per heavy atom. The molecule has 0 aliphatic rings. The summed E-state index contributed by atoms with van der Waals surface area (Å²) in [5, 5.41) is 12.4. The van der Waals surface area contributed by atoms with Crippen LogP contribution in [0.25, 0.3) is 6.08 Å². The van der Waals surface area contributed by atoms with Crippen molar-refractivity contribution >= 4 is 17.7 Å². The summed E-state index contributed by atoms with van der Waals surface area (Å²) in [5.41, 5.74) is 4.36. The smallest absolute Gasteiger partial charge is 0.266 e. The lowest BCUT2D eigenvalue weighted by molar-refractivity contribution is -0.112. The minimum atomic E-state index is -0.475. The van der Waals surface area contributed by atoms with Crippen molar-refractivity contribution in [1.82, 2.24) is 9.55 Å². The molecule has 2 heterocycles. The number of nitrogens with one attached hydrogen (secondary N) is 1. The van der Waals surface area contributed by atoms with Gasteiger partial charge in [0.25, 0.3) is 5.91 Å². The van der Waals surface area contributed by atoms with Crippen LogP contribution in [-0.4, -0.2) is 29.2 Å². The van der Waals surface area contributed by atoms with Gasteiger partial charge in [0.1, 0.15) is 24.0 Å². The second-order valence-corrected chi connectivity index (χ2v) is 7.80. The summed E-state index contributed by atoms with van der Waals surface area (Å²) in [7, 11) is 1.67. The molecule has 1 unspecified atom stereocenters. The number of hydrogen-bond acceptors (Lipinski definition) is 5. The van der Waals surface area contributed by atoms with E-state index in [9.17, 15) is 10.1 Å². The van der Waals surface area contributed by atoms with Gasteiger partial charge in [0.05, 0.1) is 12.6 Å². The molecule has 2 aromatic heterocycles. The molecule has 0 spiro atoms. The van der Waals surface area contributed by atoms with E-state index < -0.39 is 5.91 Å². The molecule has 7 nitrogen and oxygen atoms in total. The molecule has 0 aliphatic heterocycles. The number of methoxy groups -OCH3 is 1. The van der Waals surface area contributed by atoms with E-state index in [2.05, 4.69) is 21.8 Å². The Kier molecular flexibility index (Phi) is 8.01. The third kappa shape index (κ3) is 6.09. The second-order valence-electron chi connectivity index (χ2n) is 7.80. The maximum atomic E-state index is 12.8. The molecule has 33 heavy (non-hydrogen) atoms. The Hall–Kier alpha value is -3.89. The monoisotopic (exact) mass is 444 g/mol. The summed E-state index contributed by atoms with van der Waals surface area (Å²) in [6, 6.07) is 15.0. The van der Waals surface area contributed by atoms with Crippen molar-refractivity contribution < 1.29 is 14.3 Å². The average Bonchev–Trinajstić information content (AvgIpc) is 3.09. The van der Waals surface area contributed by atoms with Crippen LogP contribution in [0.3, 0.4) is 0 Å². The summed E-state index contributed by atoms with van der Waals surface area (Å²) in [4.78, 5) is 16.9. The third-order valence-corrected chi connectivity index (χ3v) is 5.26. The number of nitriles is 1. The fourth-order valence-corrected chi connectivity index (χ4v) is 3.76. The molecule has 0 radical (unpaired) electrons. The zero-order valence-electron chi connectivity index (χ0n) is 19.3. The lowest BCUT2D eigenvalue weighted by Gasteiger charge is -2.17. The predicted octanol–water partition coefficient (Wildman–Crippen LogP) is 4.83. The van der Waals surface area contributed by atoms with Crippen LogP contribution in [0.15, 0.2) is 60.4 Å². The summed E-state index contributed by atoms with van der Waals surface area (Å²) >= 11 is 0. The number of nitrogens with zero attached hydrogens (tertiary/aromatic N) is 3. The fraction of sp³-hybridized carbons (Fsp3) is 0.269. The highest BCUT2D eigenvalue weighted by atomic mass is 16.5. The van der Waals surface area contributed by atoms with E-state index in [0.29, 0.717) is 24.7 Å². The van der Waals surface area contributed by atoms with Gasteiger partial charge in [0.15, 0.2) is 0 Å². The highest BCUT2D eigenvalue weighted by molar-refractivity contribution is 6.09. The number of aromatic nitrogens is 2. The van der Waals surface area contributed by atoms with Gasteiger partial charge in [-0.25, -0.2) is 0 Å². The largest absolute Gasteiger partial charge is 0.489 e. The first-order valence-corrected chi connectivity index (χ1v) is 10.6. The zero-order valence-corrected chi connectivity index (χ0v) is 19.3. The van der Waals surface area contributed by atoms with Crippen molar-refractivity contribution in [2.75, 3.05) is 19.0 Å². The van der Waals surface area contributed by atoms with Gasteiger partial charge >= 0.3 is 0 Å². The molecule has 0 saturated heterocycles. The van der Waals surface area contributed by atoms with Crippen LogP contribution in [0.5, 0.6) is 5.75 Å².